The van der Waals surface area contributed by atoms with Gasteiger partial charge in [0.05, 0.1) is 16.9 Å². The fourth-order valence-corrected chi connectivity index (χ4v) is 3.50. The Labute approximate surface area is 164 Å². The van der Waals surface area contributed by atoms with Crippen LogP contribution in [0.4, 0.5) is 17.6 Å². The summed E-state index contributed by atoms with van der Waals surface area (Å²) in [5.74, 6) is 1.04. The minimum absolute atomic E-state index is 0.0887. The highest BCUT2D eigenvalue weighted by Gasteiger charge is 2.38. The highest BCUT2D eigenvalue weighted by atomic mass is 15.3. The zero-order valence-electron chi connectivity index (χ0n) is 16.6. The van der Waals surface area contributed by atoms with Crippen LogP contribution in [0.3, 0.4) is 0 Å². The monoisotopic (exact) mass is 378 g/mol. The second kappa shape index (κ2) is 6.35. The molecule has 0 saturated carbocycles. The molecule has 1 aliphatic carbocycles. The van der Waals surface area contributed by atoms with Gasteiger partial charge in [-0.3, -0.25) is 4.98 Å². The van der Waals surface area contributed by atoms with E-state index >= 15 is 0 Å². The van der Waals surface area contributed by atoms with Crippen LogP contribution in [0.5, 0.6) is 0 Å². The maximum absolute atomic E-state index is 6.13. The quantitative estimate of drug-likeness (QED) is 0.741. The summed E-state index contributed by atoms with van der Waals surface area (Å²) in [7, 11) is 0. The molecule has 0 saturated heterocycles. The van der Waals surface area contributed by atoms with Gasteiger partial charge in [0.2, 0.25) is 11.9 Å². The first-order valence-corrected chi connectivity index (χ1v) is 9.33. The highest BCUT2D eigenvalue weighted by Crippen LogP contribution is 2.42. The Morgan fingerprint density at radius 2 is 1.96 bits per heavy atom. The third-order valence-corrected chi connectivity index (χ3v) is 5.25. The molecule has 0 bridgehead atoms. The number of hydrogen-bond acceptors (Lipinski definition) is 8. The Morgan fingerprint density at radius 3 is 2.71 bits per heavy atom. The fraction of sp³-hybridized carbons (Fsp3) is 0.400. The molecule has 2 aromatic rings. The van der Waals surface area contributed by atoms with Crippen molar-refractivity contribution in [2.45, 2.75) is 44.7 Å². The predicted octanol–water partition coefficient (Wildman–Crippen LogP) is 1.91. The van der Waals surface area contributed by atoms with Crippen LogP contribution in [0.2, 0.25) is 0 Å². The summed E-state index contributed by atoms with van der Waals surface area (Å²) in [6.45, 7) is 9.02. The summed E-state index contributed by atoms with van der Waals surface area (Å²) < 4.78 is 0. The third-order valence-electron chi connectivity index (χ3n) is 5.25. The van der Waals surface area contributed by atoms with Crippen molar-refractivity contribution in [3.63, 3.8) is 0 Å². The van der Waals surface area contributed by atoms with E-state index in [1.54, 1.807) is 0 Å². The summed E-state index contributed by atoms with van der Waals surface area (Å²) >= 11 is 0. The van der Waals surface area contributed by atoms with Crippen LogP contribution < -0.4 is 21.7 Å². The number of aryl methyl sites for hydroxylation is 1. The molecule has 3 heterocycles. The number of nitrogens with zero attached hydrogens (tertiary/aromatic N) is 5. The van der Waals surface area contributed by atoms with E-state index in [-0.39, 0.29) is 11.5 Å². The normalized spacial score (nSPS) is 25.4. The molecule has 0 amide bonds. The van der Waals surface area contributed by atoms with Gasteiger partial charge in [-0.05, 0) is 38.1 Å². The Bertz CT molecular complexity index is 976. The van der Waals surface area contributed by atoms with Gasteiger partial charge in [0, 0.05) is 29.4 Å². The first kappa shape index (κ1) is 18.5. The molecule has 2 aromatic heterocycles. The van der Waals surface area contributed by atoms with Crippen LogP contribution in [0.15, 0.2) is 42.4 Å². The highest BCUT2D eigenvalue weighted by molar-refractivity contribution is 5.67. The summed E-state index contributed by atoms with van der Waals surface area (Å²) in [4.78, 5) is 20.1. The van der Waals surface area contributed by atoms with Gasteiger partial charge >= 0.3 is 0 Å². The lowest BCUT2D eigenvalue weighted by molar-refractivity contribution is 0.512. The lowest BCUT2D eigenvalue weighted by atomic mass is 9.89. The lowest BCUT2D eigenvalue weighted by Gasteiger charge is -2.29. The Kier molecular flexibility index (Phi) is 4.20. The second-order valence-corrected chi connectivity index (χ2v) is 8.37. The van der Waals surface area contributed by atoms with E-state index in [1.807, 2.05) is 38.1 Å². The molecule has 8 heteroatoms. The van der Waals surface area contributed by atoms with Crippen LogP contribution in [0.25, 0.3) is 0 Å². The molecule has 2 unspecified atom stereocenters. The molecule has 28 heavy (non-hydrogen) atoms. The maximum Gasteiger partial charge on any atom is 0.234 e. The van der Waals surface area contributed by atoms with Crippen molar-refractivity contribution < 1.29 is 0 Å². The standard InChI is InChI=1S/C20H26N8/c1-12-5-6-14-16(25-12)19(2,3)10-28(14)18-24-11-23-17(27-18)26-13-7-8-20(4,22)15(21)9-13/h5-9,11,15H,10,21-22H2,1-4H3,(H,23,24,26,27). The van der Waals surface area contributed by atoms with Gasteiger partial charge in [0.15, 0.2) is 0 Å². The number of rotatable bonds is 3. The molecule has 1 aliphatic heterocycles. The molecule has 0 aromatic carbocycles. The zero-order valence-corrected chi connectivity index (χ0v) is 16.6. The first-order valence-electron chi connectivity index (χ1n) is 9.33. The predicted molar refractivity (Wildman–Crippen MR) is 110 cm³/mol. The van der Waals surface area contributed by atoms with Gasteiger partial charge < -0.3 is 21.7 Å². The van der Waals surface area contributed by atoms with Gasteiger partial charge in [-0.1, -0.05) is 19.9 Å². The van der Waals surface area contributed by atoms with E-state index in [2.05, 4.69) is 45.1 Å². The van der Waals surface area contributed by atoms with Gasteiger partial charge in [-0.25, -0.2) is 9.97 Å². The second-order valence-electron chi connectivity index (χ2n) is 8.37. The van der Waals surface area contributed by atoms with Gasteiger partial charge in [-0.15, -0.1) is 0 Å². The van der Waals surface area contributed by atoms with Gasteiger partial charge in [0.25, 0.3) is 0 Å². The number of nitrogens with one attached hydrogen (secondary N) is 1. The van der Waals surface area contributed by atoms with Crippen LogP contribution in [-0.4, -0.2) is 38.1 Å². The Balaban J connectivity index is 1.62. The number of aromatic nitrogens is 4. The molecule has 2 atom stereocenters. The third kappa shape index (κ3) is 3.25. The van der Waals surface area contributed by atoms with Gasteiger partial charge in [0.1, 0.15) is 6.33 Å². The summed E-state index contributed by atoms with van der Waals surface area (Å²) in [5.41, 5.74) is 15.5. The molecule has 146 valence electrons. The van der Waals surface area contributed by atoms with Crippen LogP contribution in [-0.2, 0) is 5.41 Å². The van der Waals surface area contributed by atoms with Crippen LogP contribution in [0.1, 0.15) is 32.2 Å². The number of anilines is 3. The van der Waals surface area contributed by atoms with Crippen molar-refractivity contribution in [1.29, 1.82) is 0 Å². The Morgan fingerprint density at radius 1 is 1.18 bits per heavy atom. The summed E-state index contributed by atoms with van der Waals surface area (Å²) in [5, 5.41) is 3.20. The largest absolute Gasteiger partial charge is 0.324 e. The summed E-state index contributed by atoms with van der Waals surface area (Å²) in [6, 6.07) is 3.80. The van der Waals surface area contributed by atoms with E-state index in [0.717, 1.165) is 29.3 Å². The number of allylic oxidation sites excluding steroid dienone is 1. The Hall–Kier alpha value is -2.84. The molecule has 5 N–H and O–H groups in total. The van der Waals surface area contributed by atoms with Crippen LogP contribution in [0, 0.1) is 6.92 Å². The van der Waals surface area contributed by atoms with Crippen molar-refractivity contribution in [2.24, 2.45) is 11.5 Å². The molecule has 2 aliphatic rings. The number of fused-ring (bicyclic) bond motifs is 1. The maximum atomic E-state index is 6.13. The van der Waals surface area contributed by atoms with E-state index in [1.165, 1.54) is 6.33 Å². The fourth-order valence-electron chi connectivity index (χ4n) is 3.50. The number of nitrogens with two attached hydrogens (primary N) is 2. The number of hydrogen-bond donors (Lipinski definition) is 3. The topological polar surface area (TPSA) is 119 Å². The molecule has 0 radical (unpaired) electrons. The van der Waals surface area contributed by atoms with E-state index < -0.39 is 5.54 Å². The van der Waals surface area contributed by atoms with E-state index in [9.17, 15) is 0 Å². The lowest BCUT2D eigenvalue weighted by Crippen LogP contribution is -2.51. The minimum Gasteiger partial charge on any atom is -0.324 e. The smallest absolute Gasteiger partial charge is 0.234 e. The zero-order chi connectivity index (χ0) is 20.1. The molecule has 0 fully saturated rings. The summed E-state index contributed by atoms with van der Waals surface area (Å²) in [6.07, 6.45) is 7.17. The van der Waals surface area contributed by atoms with Gasteiger partial charge in [-0.2, -0.15) is 4.98 Å². The van der Waals surface area contributed by atoms with E-state index in [0.29, 0.717) is 11.9 Å². The molecule has 0 spiro atoms. The number of pyridine rings is 1. The van der Waals surface area contributed by atoms with Crippen molar-refractivity contribution >= 4 is 17.6 Å². The van der Waals surface area contributed by atoms with Crippen molar-refractivity contribution in [2.75, 3.05) is 16.8 Å². The first-order chi connectivity index (χ1) is 13.2. The van der Waals surface area contributed by atoms with Crippen LogP contribution >= 0.6 is 0 Å². The molecular formula is C20H26N8. The molecule has 8 nitrogen and oxygen atoms in total. The van der Waals surface area contributed by atoms with Crippen molar-refractivity contribution in [1.82, 2.24) is 19.9 Å². The SMILES string of the molecule is Cc1ccc2c(n1)C(C)(C)CN2c1ncnc(NC2=CC(N)C(C)(N)C=C2)n1. The molecule has 4 rings (SSSR count). The van der Waals surface area contributed by atoms with E-state index in [4.69, 9.17) is 16.5 Å². The molecular weight excluding hydrogens is 352 g/mol. The van der Waals surface area contributed by atoms with Crippen molar-refractivity contribution in [3.05, 3.63) is 53.8 Å². The average molecular weight is 378 g/mol. The minimum atomic E-state index is -0.564. The van der Waals surface area contributed by atoms with Crippen molar-refractivity contribution in [3.8, 4) is 0 Å². The average Bonchev–Trinajstić information content (AvgIpc) is 2.90.